The molecule has 3 rings (SSSR count). The predicted molar refractivity (Wildman–Crippen MR) is 119 cm³/mol. The molecular weight excluding hydrogens is 461 g/mol. The number of hydrogen-bond acceptors (Lipinski definition) is 5. The van der Waals surface area contributed by atoms with Gasteiger partial charge in [-0.05, 0) is 44.0 Å². The molecule has 0 unspecified atom stereocenters. The maximum atomic E-state index is 13.3. The number of alkyl halides is 3. The second kappa shape index (κ2) is 10.5. The number of likely N-dealkylation sites (tertiary alicyclic amines) is 1. The summed E-state index contributed by atoms with van der Waals surface area (Å²) < 4.78 is 39.9. The largest absolute Gasteiger partial charge is 0.481 e. The molecule has 2 saturated heterocycles. The molecule has 33 heavy (non-hydrogen) atoms. The molecule has 1 aromatic rings. The topological polar surface area (TPSA) is 90.1 Å². The van der Waals surface area contributed by atoms with E-state index in [1.54, 1.807) is 4.90 Å². The number of carboxylic acid groups (broad SMARTS) is 1. The fourth-order valence-electron chi connectivity index (χ4n) is 4.67. The number of nitrogen functional groups attached to an aromatic ring is 1. The van der Waals surface area contributed by atoms with E-state index in [9.17, 15) is 27.9 Å². The van der Waals surface area contributed by atoms with Crippen LogP contribution in [0.5, 0.6) is 0 Å². The number of nitrogens with zero attached hydrogens (tertiary/aromatic N) is 3. The Hall–Kier alpha value is -2.04. The Morgan fingerprint density at radius 2 is 1.76 bits per heavy atom. The van der Waals surface area contributed by atoms with Gasteiger partial charge in [0.25, 0.3) is 0 Å². The Balaban J connectivity index is 1.69. The predicted octanol–water partition coefficient (Wildman–Crippen LogP) is 2.81. The summed E-state index contributed by atoms with van der Waals surface area (Å²) in [6.45, 7) is 4.98. The Bertz CT molecular complexity index is 867. The van der Waals surface area contributed by atoms with Crippen LogP contribution >= 0.6 is 11.6 Å². The molecule has 184 valence electrons. The molecule has 2 aliphatic heterocycles. The zero-order valence-electron chi connectivity index (χ0n) is 18.6. The number of anilines is 1. The Morgan fingerprint density at radius 1 is 1.15 bits per heavy atom. The number of amides is 1. The molecule has 7 nitrogen and oxygen atoms in total. The van der Waals surface area contributed by atoms with Crippen molar-refractivity contribution in [3.8, 4) is 0 Å². The zero-order chi connectivity index (χ0) is 24.3. The average Bonchev–Trinajstić information content (AvgIpc) is 2.74. The number of hydrogen-bond donors (Lipinski definition) is 2. The lowest BCUT2D eigenvalue weighted by molar-refractivity contribution is -0.145. The lowest BCUT2D eigenvalue weighted by Gasteiger charge is -2.42. The van der Waals surface area contributed by atoms with Crippen LogP contribution in [-0.4, -0.2) is 84.0 Å². The van der Waals surface area contributed by atoms with Crippen molar-refractivity contribution in [2.75, 3.05) is 52.0 Å². The molecule has 2 aliphatic rings. The molecule has 0 radical (unpaired) electrons. The standard InChI is InChI=1S/C22H30ClF3N4O3/c1-28-6-8-29(9-7-28)16-2-4-30(5-3-16)21(33)15(13-19(31)32)10-14-11-17(22(24,25)26)20(27)18(23)12-14/h11-12,15-16H,2-10,13,27H2,1H3,(H,31,32)/t15-/m0/s1. The van der Waals surface area contributed by atoms with Crippen LogP contribution in [0, 0.1) is 5.92 Å². The number of aliphatic carboxylic acids is 1. The van der Waals surface area contributed by atoms with Gasteiger partial charge in [-0.3, -0.25) is 14.5 Å². The fraction of sp³-hybridized carbons (Fsp3) is 0.636. The summed E-state index contributed by atoms with van der Waals surface area (Å²) in [6, 6.07) is 2.50. The number of rotatable bonds is 6. The number of carbonyl (C=O) groups is 2. The highest BCUT2D eigenvalue weighted by atomic mass is 35.5. The second-order valence-corrected chi connectivity index (χ2v) is 9.34. The molecule has 1 aromatic carbocycles. The third-order valence-electron chi connectivity index (χ3n) is 6.58. The van der Waals surface area contributed by atoms with Crippen LogP contribution < -0.4 is 5.73 Å². The number of piperazine rings is 1. The van der Waals surface area contributed by atoms with Gasteiger partial charge in [0.05, 0.1) is 28.6 Å². The number of nitrogens with two attached hydrogens (primary N) is 1. The van der Waals surface area contributed by atoms with Gasteiger partial charge in [-0.2, -0.15) is 13.2 Å². The van der Waals surface area contributed by atoms with Gasteiger partial charge in [0, 0.05) is 45.3 Å². The summed E-state index contributed by atoms with van der Waals surface area (Å²) in [4.78, 5) is 30.9. The molecule has 2 heterocycles. The van der Waals surface area contributed by atoms with Crippen LogP contribution in [-0.2, 0) is 22.2 Å². The van der Waals surface area contributed by atoms with E-state index in [1.165, 1.54) is 6.07 Å². The third kappa shape index (κ3) is 6.51. The first-order valence-corrected chi connectivity index (χ1v) is 11.4. The van der Waals surface area contributed by atoms with Crippen molar-refractivity contribution in [1.29, 1.82) is 0 Å². The quantitative estimate of drug-likeness (QED) is 0.596. The Labute approximate surface area is 196 Å². The minimum Gasteiger partial charge on any atom is -0.481 e. The highest BCUT2D eigenvalue weighted by Gasteiger charge is 2.36. The van der Waals surface area contributed by atoms with E-state index < -0.39 is 35.7 Å². The van der Waals surface area contributed by atoms with Crippen LogP contribution in [0.4, 0.5) is 18.9 Å². The summed E-state index contributed by atoms with van der Waals surface area (Å²) in [7, 11) is 2.09. The molecule has 0 aliphatic carbocycles. The van der Waals surface area contributed by atoms with Crippen molar-refractivity contribution >= 4 is 29.2 Å². The van der Waals surface area contributed by atoms with Gasteiger partial charge in [0.1, 0.15) is 0 Å². The normalized spacial score (nSPS) is 20.1. The molecule has 1 atom stereocenters. The van der Waals surface area contributed by atoms with E-state index in [4.69, 9.17) is 17.3 Å². The summed E-state index contributed by atoms with van der Waals surface area (Å²) in [5, 5.41) is 9.05. The van der Waals surface area contributed by atoms with Gasteiger partial charge < -0.3 is 20.6 Å². The van der Waals surface area contributed by atoms with E-state index in [0.29, 0.717) is 19.1 Å². The number of likely N-dealkylation sites (N-methyl/N-ethyl adjacent to an activating group) is 1. The lowest BCUT2D eigenvalue weighted by atomic mass is 9.92. The monoisotopic (exact) mass is 490 g/mol. The van der Waals surface area contributed by atoms with E-state index >= 15 is 0 Å². The first-order chi connectivity index (χ1) is 15.5. The fourth-order valence-corrected chi connectivity index (χ4v) is 4.91. The molecule has 3 N–H and O–H groups in total. The highest BCUT2D eigenvalue weighted by Crippen LogP contribution is 2.38. The molecule has 0 aromatic heterocycles. The average molecular weight is 491 g/mol. The highest BCUT2D eigenvalue weighted by molar-refractivity contribution is 6.33. The molecule has 1 amide bonds. The molecule has 0 saturated carbocycles. The first-order valence-electron chi connectivity index (χ1n) is 11.0. The number of halogens is 4. The Morgan fingerprint density at radius 3 is 2.30 bits per heavy atom. The van der Waals surface area contributed by atoms with E-state index in [1.807, 2.05) is 0 Å². The van der Waals surface area contributed by atoms with E-state index in [0.717, 1.165) is 45.1 Å². The van der Waals surface area contributed by atoms with Gasteiger partial charge in [-0.1, -0.05) is 11.6 Å². The van der Waals surface area contributed by atoms with Crippen molar-refractivity contribution in [1.82, 2.24) is 14.7 Å². The first kappa shape index (κ1) is 25.6. The van der Waals surface area contributed by atoms with Crippen molar-refractivity contribution in [3.05, 3.63) is 28.3 Å². The van der Waals surface area contributed by atoms with Crippen molar-refractivity contribution < 1.29 is 27.9 Å². The summed E-state index contributed by atoms with van der Waals surface area (Å²) in [5.74, 6) is -2.52. The van der Waals surface area contributed by atoms with E-state index in [2.05, 4.69) is 16.8 Å². The minimum atomic E-state index is -4.71. The minimum absolute atomic E-state index is 0.133. The molecule has 0 spiro atoms. The second-order valence-electron chi connectivity index (χ2n) is 8.93. The molecule has 2 fully saturated rings. The van der Waals surface area contributed by atoms with Crippen molar-refractivity contribution in [3.63, 3.8) is 0 Å². The van der Waals surface area contributed by atoms with Crippen molar-refractivity contribution in [2.45, 2.75) is 37.9 Å². The molecule has 11 heteroatoms. The van der Waals surface area contributed by atoms with Gasteiger partial charge in [-0.25, -0.2) is 0 Å². The van der Waals surface area contributed by atoms with Crippen LogP contribution in [0.2, 0.25) is 5.02 Å². The van der Waals surface area contributed by atoms with Crippen LogP contribution in [0.25, 0.3) is 0 Å². The number of benzene rings is 1. The SMILES string of the molecule is CN1CCN(C2CCN(C(=O)[C@H](CC(=O)O)Cc3cc(Cl)c(N)c(C(F)(F)F)c3)CC2)CC1. The van der Waals surface area contributed by atoms with Crippen LogP contribution in [0.1, 0.15) is 30.4 Å². The maximum absolute atomic E-state index is 13.3. The number of carbonyl (C=O) groups excluding carboxylic acids is 1. The smallest absolute Gasteiger partial charge is 0.418 e. The maximum Gasteiger partial charge on any atom is 0.418 e. The molecule has 0 bridgehead atoms. The lowest BCUT2D eigenvalue weighted by Crippen LogP contribution is -2.53. The number of carboxylic acids is 1. The van der Waals surface area contributed by atoms with Gasteiger partial charge in [0.15, 0.2) is 0 Å². The zero-order valence-corrected chi connectivity index (χ0v) is 19.3. The van der Waals surface area contributed by atoms with Gasteiger partial charge >= 0.3 is 12.1 Å². The van der Waals surface area contributed by atoms with Crippen LogP contribution in [0.15, 0.2) is 12.1 Å². The summed E-state index contributed by atoms with van der Waals surface area (Å²) in [5.41, 5.74) is 3.95. The number of piperidine rings is 1. The van der Waals surface area contributed by atoms with Crippen LogP contribution in [0.3, 0.4) is 0 Å². The third-order valence-corrected chi connectivity index (χ3v) is 6.89. The van der Waals surface area contributed by atoms with Crippen molar-refractivity contribution in [2.24, 2.45) is 5.92 Å². The van der Waals surface area contributed by atoms with E-state index in [-0.39, 0.29) is 22.9 Å². The Kier molecular flexibility index (Phi) is 8.13. The van der Waals surface area contributed by atoms with Gasteiger partial charge in [0.2, 0.25) is 5.91 Å². The molecular formula is C22H30ClF3N4O3. The van der Waals surface area contributed by atoms with Gasteiger partial charge in [-0.15, -0.1) is 0 Å². The summed E-state index contributed by atoms with van der Waals surface area (Å²) in [6.07, 6.45) is -3.75. The summed E-state index contributed by atoms with van der Waals surface area (Å²) >= 11 is 5.90.